The van der Waals surface area contributed by atoms with Crippen molar-refractivity contribution in [2.45, 2.75) is 19.4 Å². The van der Waals surface area contributed by atoms with Crippen LogP contribution in [0.15, 0.2) is 67.0 Å². The molecule has 1 aromatic heterocycles. The second-order valence-electron chi connectivity index (χ2n) is 6.94. The molecule has 0 amide bonds. The predicted molar refractivity (Wildman–Crippen MR) is 104 cm³/mol. The standard InChI is InChI=1S/C22H25N3/c1-2-7-19(8-3-1)9-6-14-24-15-12-20(13-16-24)17-25-18-23-21-10-4-5-11-22(21)25/h1-11,18,20H,12-17H2/b9-6+. The van der Waals surface area contributed by atoms with Gasteiger partial charge in [0, 0.05) is 13.1 Å². The van der Waals surface area contributed by atoms with Crippen LogP contribution in [-0.4, -0.2) is 34.1 Å². The molecule has 3 nitrogen and oxygen atoms in total. The van der Waals surface area contributed by atoms with Gasteiger partial charge in [-0.25, -0.2) is 4.98 Å². The van der Waals surface area contributed by atoms with Crippen LogP contribution in [0.1, 0.15) is 18.4 Å². The van der Waals surface area contributed by atoms with Gasteiger partial charge >= 0.3 is 0 Å². The van der Waals surface area contributed by atoms with E-state index in [0.29, 0.717) is 0 Å². The van der Waals surface area contributed by atoms with Crippen LogP contribution in [0, 0.1) is 5.92 Å². The molecule has 0 atom stereocenters. The topological polar surface area (TPSA) is 21.1 Å². The van der Waals surface area contributed by atoms with Crippen molar-refractivity contribution in [3.63, 3.8) is 0 Å². The van der Waals surface area contributed by atoms with Crippen LogP contribution < -0.4 is 0 Å². The minimum absolute atomic E-state index is 0.756. The van der Waals surface area contributed by atoms with Gasteiger partial charge in [0.2, 0.25) is 0 Å². The maximum Gasteiger partial charge on any atom is 0.0958 e. The normalized spacial score (nSPS) is 16.8. The first-order chi connectivity index (χ1) is 12.4. The van der Waals surface area contributed by atoms with Crippen molar-refractivity contribution in [2.24, 2.45) is 5.92 Å². The quantitative estimate of drug-likeness (QED) is 0.688. The number of hydrogen-bond donors (Lipinski definition) is 0. The highest BCUT2D eigenvalue weighted by atomic mass is 15.1. The summed E-state index contributed by atoms with van der Waals surface area (Å²) in [6.07, 6.45) is 9.06. The number of piperidine rings is 1. The summed E-state index contributed by atoms with van der Waals surface area (Å²) in [7, 11) is 0. The van der Waals surface area contributed by atoms with Gasteiger partial charge in [0.05, 0.1) is 17.4 Å². The molecule has 3 heteroatoms. The number of hydrogen-bond acceptors (Lipinski definition) is 2. The third-order valence-electron chi connectivity index (χ3n) is 5.16. The zero-order chi connectivity index (χ0) is 16.9. The lowest BCUT2D eigenvalue weighted by Crippen LogP contribution is -2.35. The predicted octanol–water partition coefficient (Wildman–Crippen LogP) is 4.46. The average Bonchev–Trinajstić information content (AvgIpc) is 3.07. The van der Waals surface area contributed by atoms with Gasteiger partial charge in [-0.15, -0.1) is 0 Å². The fourth-order valence-corrected chi connectivity index (χ4v) is 3.69. The van der Waals surface area contributed by atoms with E-state index in [-0.39, 0.29) is 0 Å². The first-order valence-corrected chi connectivity index (χ1v) is 9.22. The Morgan fingerprint density at radius 3 is 2.56 bits per heavy atom. The maximum atomic E-state index is 4.51. The lowest BCUT2D eigenvalue weighted by atomic mass is 9.96. The number of fused-ring (bicyclic) bond motifs is 1. The number of nitrogens with zero attached hydrogens (tertiary/aromatic N) is 3. The van der Waals surface area contributed by atoms with Gasteiger partial charge in [-0.2, -0.15) is 0 Å². The van der Waals surface area contributed by atoms with Crippen LogP contribution in [0.25, 0.3) is 17.1 Å². The van der Waals surface area contributed by atoms with Gasteiger partial charge in [-0.05, 0) is 49.5 Å². The molecule has 1 aliphatic heterocycles. The van der Waals surface area contributed by atoms with Gasteiger partial charge in [0.1, 0.15) is 0 Å². The number of para-hydroxylation sites is 2. The van der Waals surface area contributed by atoms with Gasteiger partial charge in [-0.3, -0.25) is 4.90 Å². The van der Waals surface area contributed by atoms with E-state index in [1.807, 2.05) is 6.33 Å². The summed E-state index contributed by atoms with van der Waals surface area (Å²) < 4.78 is 2.32. The smallest absolute Gasteiger partial charge is 0.0958 e. The van der Waals surface area contributed by atoms with Crippen molar-refractivity contribution >= 4 is 17.1 Å². The van der Waals surface area contributed by atoms with Crippen LogP contribution >= 0.6 is 0 Å². The number of likely N-dealkylation sites (tertiary alicyclic amines) is 1. The van der Waals surface area contributed by atoms with Crippen molar-refractivity contribution in [3.05, 3.63) is 72.6 Å². The van der Waals surface area contributed by atoms with E-state index in [1.165, 1.54) is 37.0 Å². The summed E-state index contributed by atoms with van der Waals surface area (Å²) in [6.45, 7) is 4.52. The summed E-state index contributed by atoms with van der Waals surface area (Å²) in [4.78, 5) is 7.07. The van der Waals surface area contributed by atoms with E-state index in [2.05, 4.69) is 81.2 Å². The van der Waals surface area contributed by atoms with E-state index in [1.54, 1.807) is 0 Å². The Morgan fingerprint density at radius 2 is 1.72 bits per heavy atom. The molecule has 0 radical (unpaired) electrons. The molecule has 0 saturated carbocycles. The molecule has 1 fully saturated rings. The number of benzene rings is 2. The maximum absolute atomic E-state index is 4.51. The molecule has 128 valence electrons. The molecule has 0 aliphatic carbocycles. The van der Waals surface area contributed by atoms with Gasteiger partial charge < -0.3 is 4.57 Å². The number of rotatable bonds is 5. The van der Waals surface area contributed by atoms with Crippen molar-refractivity contribution in [1.82, 2.24) is 14.5 Å². The molecular formula is C22H25N3. The molecular weight excluding hydrogens is 306 g/mol. The summed E-state index contributed by atoms with van der Waals surface area (Å²) in [5.74, 6) is 0.756. The number of imidazole rings is 1. The molecule has 1 saturated heterocycles. The molecule has 0 N–H and O–H groups in total. The summed E-state index contributed by atoms with van der Waals surface area (Å²) in [6, 6.07) is 19.0. The van der Waals surface area contributed by atoms with Crippen molar-refractivity contribution in [1.29, 1.82) is 0 Å². The molecule has 0 unspecified atom stereocenters. The zero-order valence-corrected chi connectivity index (χ0v) is 14.6. The lowest BCUT2D eigenvalue weighted by molar-refractivity contribution is 0.189. The van der Waals surface area contributed by atoms with Crippen LogP contribution in [-0.2, 0) is 6.54 Å². The van der Waals surface area contributed by atoms with Crippen molar-refractivity contribution in [3.8, 4) is 0 Å². The average molecular weight is 331 g/mol. The summed E-state index contributed by atoms with van der Waals surface area (Å²) >= 11 is 0. The molecule has 2 heterocycles. The monoisotopic (exact) mass is 331 g/mol. The highest BCUT2D eigenvalue weighted by Crippen LogP contribution is 2.21. The van der Waals surface area contributed by atoms with Gasteiger partial charge in [-0.1, -0.05) is 54.6 Å². The molecule has 4 rings (SSSR count). The Morgan fingerprint density at radius 1 is 0.960 bits per heavy atom. The second kappa shape index (κ2) is 7.66. The van der Waals surface area contributed by atoms with Gasteiger partial charge in [0.25, 0.3) is 0 Å². The van der Waals surface area contributed by atoms with E-state index in [0.717, 1.165) is 24.5 Å². The molecule has 0 spiro atoms. The third kappa shape index (κ3) is 3.99. The molecule has 2 aromatic carbocycles. The lowest BCUT2D eigenvalue weighted by Gasteiger charge is -2.31. The summed E-state index contributed by atoms with van der Waals surface area (Å²) in [5.41, 5.74) is 3.64. The molecule has 3 aromatic rings. The van der Waals surface area contributed by atoms with E-state index in [4.69, 9.17) is 0 Å². The van der Waals surface area contributed by atoms with E-state index >= 15 is 0 Å². The largest absolute Gasteiger partial charge is 0.330 e. The fourth-order valence-electron chi connectivity index (χ4n) is 3.69. The van der Waals surface area contributed by atoms with Crippen molar-refractivity contribution in [2.75, 3.05) is 19.6 Å². The number of aromatic nitrogens is 2. The molecule has 0 bridgehead atoms. The Kier molecular flexibility index (Phi) is 4.93. The van der Waals surface area contributed by atoms with Crippen LogP contribution in [0.5, 0.6) is 0 Å². The van der Waals surface area contributed by atoms with Crippen LogP contribution in [0.2, 0.25) is 0 Å². The first kappa shape index (κ1) is 16.1. The Balaban J connectivity index is 1.28. The Labute approximate surface area is 149 Å². The van der Waals surface area contributed by atoms with Crippen molar-refractivity contribution < 1.29 is 0 Å². The summed E-state index contributed by atoms with van der Waals surface area (Å²) in [5, 5.41) is 0. The molecule has 1 aliphatic rings. The minimum Gasteiger partial charge on any atom is -0.330 e. The van der Waals surface area contributed by atoms with Crippen LogP contribution in [0.4, 0.5) is 0 Å². The van der Waals surface area contributed by atoms with Gasteiger partial charge in [0.15, 0.2) is 0 Å². The molecule has 25 heavy (non-hydrogen) atoms. The first-order valence-electron chi connectivity index (χ1n) is 9.22. The highest BCUT2D eigenvalue weighted by molar-refractivity contribution is 5.74. The third-order valence-corrected chi connectivity index (χ3v) is 5.16. The Bertz CT molecular complexity index is 827. The minimum atomic E-state index is 0.756. The van der Waals surface area contributed by atoms with E-state index in [9.17, 15) is 0 Å². The second-order valence-corrected chi connectivity index (χ2v) is 6.94. The fraction of sp³-hybridized carbons (Fsp3) is 0.318. The SMILES string of the molecule is C(=C\c1ccccc1)/CN1CCC(Cn2cnc3ccccc32)CC1. The van der Waals surface area contributed by atoms with E-state index < -0.39 is 0 Å². The highest BCUT2D eigenvalue weighted by Gasteiger charge is 2.19. The zero-order valence-electron chi connectivity index (χ0n) is 14.6. The van der Waals surface area contributed by atoms with Crippen LogP contribution in [0.3, 0.4) is 0 Å². The Hall–Kier alpha value is -2.39.